The zero-order chi connectivity index (χ0) is 23.9. The number of nitrogens with zero attached hydrogens (tertiary/aromatic N) is 2. The minimum absolute atomic E-state index is 0.173. The summed E-state index contributed by atoms with van der Waals surface area (Å²) in [6.45, 7) is 3.62. The second kappa shape index (κ2) is 11.5. The van der Waals surface area contributed by atoms with E-state index in [0.717, 1.165) is 28.2 Å². The second-order valence-electron chi connectivity index (χ2n) is 8.49. The Morgan fingerprint density at radius 1 is 1.12 bits per heavy atom. The van der Waals surface area contributed by atoms with Gasteiger partial charge in [0.1, 0.15) is 30.4 Å². The summed E-state index contributed by atoms with van der Waals surface area (Å²) in [4.78, 5) is 7.78. The molecule has 0 spiro atoms. The van der Waals surface area contributed by atoms with Crippen molar-refractivity contribution >= 4 is 17.3 Å². The number of para-hydroxylation sites is 1. The minimum atomic E-state index is -0.707. The average molecular weight is 483 g/mol. The van der Waals surface area contributed by atoms with Crippen LogP contribution in [0.4, 0.5) is 4.39 Å². The molecule has 7 heteroatoms. The van der Waals surface area contributed by atoms with Crippen LogP contribution in [0.3, 0.4) is 0 Å². The number of oxime groups is 1. The van der Waals surface area contributed by atoms with Crippen molar-refractivity contribution in [2.45, 2.75) is 32.1 Å². The van der Waals surface area contributed by atoms with Gasteiger partial charge in [0, 0.05) is 31.1 Å². The van der Waals surface area contributed by atoms with E-state index in [1.807, 2.05) is 55.5 Å². The van der Waals surface area contributed by atoms with E-state index in [0.29, 0.717) is 31.1 Å². The molecular weight excluding hydrogens is 455 g/mol. The number of aliphatic hydroxyl groups is 1. The first-order valence-corrected chi connectivity index (χ1v) is 11.7. The lowest BCUT2D eigenvalue weighted by atomic mass is 10.0. The molecule has 0 saturated carbocycles. The lowest BCUT2D eigenvalue weighted by Gasteiger charge is -2.27. The fraction of sp³-hybridized carbons (Fsp3) is 0.296. The van der Waals surface area contributed by atoms with Gasteiger partial charge in [-0.1, -0.05) is 65.3 Å². The van der Waals surface area contributed by atoms with Gasteiger partial charge in [-0.3, -0.25) is 4.90 Å². The highest BCUT2D eigenvalue weighted by atomic mass is 35.5. The Morgan fingerprint density at radius 2 is 1.85 bits per heavy atom. The number of rotatable bonds is 10. The van der Waals surface area contributed by atoms with Crippen LogP contribution < -0.4 is 4.74 Å². The topological polar surface area (TPSA) is 54.3 Å². The molecular formula is C27H28ClFN2O3. The highest BCUT2D eigenvalue weighted by molar-refractivity contribution is 6.31. The van der Waals surface area contributed by atoms with Crippen molar-refractivity contribution in [3.63, 3.8) is 0 Å². The highest BCUT2D eigenvalue weighted by Crippen LogP contribution is 2.22. The maximum Gasteiger partial charge on any atom is 0.145 e. The van der Waals surface area contributed by atoms with E-state index >= 15 is 0 Å². The van der Waals surface area contributed by atoms with E-state index in [1.54, 1.807) is 12.1 Å². The van der Waals surface area contributed by atoms with Gasteiger partial charge in [-0.25, -0.2) is 4.39 Å². The number of ether oxygens (including phenoxy) is 1. The third kappa shape index (κ3) is 6.56. The van der Waals surface area contributed by atoms with Crippen LogP contribution in [0, 0.1) is 12.7 Å². The lowest BCUT2D eigenvalue weighted by molar-refractivity contribution is 0.0212. The van der Waals surface area contributed by atoms with Gasteiger partial charge < -0.3 is 14.7 Å². The number of aliphatic hydroxyl groups excluding tert-OH is 1. The molecule has 5 nitrogen and oxygen atoms in total. The molecule has 1 heterocycles. The summed E-state index contributed by atoms with van der Waals surface area (Å²) in [6, 6.07) is 21.6. The van der Waals surface area contributed by atoms with E-state index in [1.165, 1.54) is 12.1 Å². The molecule has 0 amide bonds. The van der Waals surface area contributed by atoms with Crippen LogP contribution in [0.1, 0.15) is 23.1 Å². The Morgan fingerprint density at radius 3 is 2.62 bits per heavy atom. The summed E-state index contributed by atoms with van der Waals surface area (Å²) in [5.74, 6) is 0.475. The molecule has 2 atom stereocenters. The molecule has 3 aromatic rings. The van der Waals surface area contributed by atoms with Gasteiger partial charge in [0.25, 0.3) is 0 Å². The predicted octanol–water partition coefficient (Wildman–Crippen LogP) is 5.22. The number of aryl methyl sites for hydroxylation is 1. The van der Waals surface area contributed by atoms with Crippen LogP contribution in [0.5, 0.6) is 5.75 Å². The molecule has 1 aliphatic heterocycles. The summed E-state index contributed by atoms with van der Waals surface area (Å²) in [7, 11) is 0. The predicted molar refractivity (Wildman–Crippen MR) is 132 cm³/mol. The first kappa shape index (κ1) is 24.2. The Hall–Kier alpha value is -2.93. The molecule has 0 aliphatic carbocycles. The Balaban J connectivity index is 1.39. The Bertz CT molecular complexity index is 1120. The molecule has 0 bridgehead atoms. The zero-order valence-corrected chi connectivity index (χ0v) is 19.8. The second-order valence-corrected chi connectivity index (χ2v) is 8.90. The summed E-state index contributed by atoms with van der Waals surface area (Å²) < 4.78 is 19.1. The molecule has 34 heavy (non-hydrogen) atoms. The molecule has 0 radical (unpaired) electrons. The number of hydrogen-bond donors (Lipinski definition) is 1. The Labute approximate surface area is 204 Å². The molecule has 0 fully saturated rings. The van der Waals surface area contributed by atoms with Crippen molar-refractivity contribution in [1.29, 1.82) is 0 Å². The third-order valence-corrected chi connectivity index (χ3v) is 6.09. The average Bonchev–Trinajstić information content (AvgIpc) is 3.29. The van der Waals surface area contributed by atoms with Gasteiger partial charge in [-0.2, -0.15) is 0 Å². The van der Waals surface area contributed by atoms with Crippen molar-refractivity contribution in [3.8, 4) is 5.75 Å². The largest absolute Gasteiger partial charge is 0.491 e. The normalized spacial score (nSPS) is 16.3. The van der Waals surface area contributed by atoms with Crippen molar-refractivity contribution < 1.29 is 19.1 Å². The summed E-state index contributed by atoms with van der Waals surface area (Å²) in [5, 5.41) is 15.6. The van der Waals surface area contributed by atoms with Gasteiger partial charge in [0.15, 0.2) is 0 Å². The summed E-state index contributed by atoms with van der Waals surface area (Å²) in [5.41, 5.74) is 3.61. The lowest BCUT2D eigenvalue weighted by Crippen LogP contribution is -2.39. The van der Waals surface area contributed by atoms with E-state index < -0.39 is 6.10 Å². The molecule has 1 aliphatic rings. The Kier molecular flexibility index (Phi) is 8.16. The van der Waals surface area contributed by atoms with E-state index in [4.69, 9.17) is 21.2 Å². The SMILES string of the molecule is Cc1ccccc1OC[C@@H](O)CN(Cc1ccccc1Cl)C[C@H]1CC(c2ccc(F)cc2)=NO1. The van der Waals surface area contributed by atoms with Crippen LogP contribution in [0.2, 0.25) is 5.02 Å². The maximum atomic E-state index is 13.3. The number of hydrogen-bond acceptors (Lipinski definition) is 5. The number of benzene rings is 3. The third-order valence-electron chi connectivity index (χ3n) is 5.72. The molecule has 3 aromatic carbocycles. The first-order chi connectivity index (χ1) is 16.5. The quantitative estimate of drug-likeness (QED) is 0.430. The fourth-order valence-electron chi connectivity index (χ4n) is 3.95. The zero-order valence-electron chi connectivity index (χ0n) is 19.0. The standard InChI is InChI=1S/C27H28ClFN2O3/c1-19-6-2-5-9-27(19)33-18-23(32)16-31(15-21-7-3-4-8-25(21)28)17-24-14-26(30-34-24)20-10-12-22(29)13-11-20/h2-13,23-24,32H,14-18H2,1H3/t23-,24+/m0/s1. The van der Waals surface area contributed by atoms with Gasteiger partial charge >= 0.3 is 0 Å². The van der Waals surface area contributed by atoms with Crippen molar-refractivity contribution in [2.75, 3.05) is 19.7 Å². The number of halogens is 2. The van der Waals surface area contributed by atoms with E-state index in [-0.39, 0.29) is 18.5 Å². The molecule has 0 aromatic heterocycles. The molecule has 1 N–H and O–H groups in total. The molecule has 0 unspecified atom stereocenters. The fourth-order valence-corrected chi connectivity index (χ4v) is 4.15. The van der Waals surface area contributed by atoms with Crippen molar-refractivity contribution in [3.05, 3.63) is 100 Å². The van der Waals surface area contributed by atoms with Gasteiger partial charge in [-0.15, -0.1) is 0 Å². The van der Waals surface area contributed by atoms with Gasteiger partial charge in [0.05, 0.1) is 5.71 Å². The summed E-state index contributed by atoms with van der Waals surface area (Å²) >= 11 is 6.40. The van der Waals surface area contributed by atoms with E-state index in [2.05, 4.69) is 10.1 Å². The monoisotopic (exact) mass is 482 g/mol. The van der Waals surface area contributed by atoms with Crippen LogP contribution >= 0.6 is 11.6 Å². The molecule has 4 rings (SSSR count). The van der Waals surface area contributed by atoms with Crippen molar-refractivity contribution in [2.24, 2.45) is 5.16 Å². The smallest absolute Gasteiger partial charge is 0.145 e. The van der Waals surface area contributed by atoms with Gasteiger partial charge in [0.2, 0.25) is 0 Å². The van der Waals surface area contributed by atoms with Crippen LogP contribution in [0.25, 0.3) is 0 Å². The van der Waals surface area contributed by atoms with Crippen LogP contribution in [0.15, 0.2) is 78.0 Å². The molecule has 178 valence electrons. The molecule has 0 saturated heterocycles. The summed E-state index contributed by atoms with van der Waals surface area (Å²) in [6.07, 6.45) is -0.298. The maximum absolute atomic E-state index is 13.3. The highest BCUT2D eigenvalue weighted by Gasteiger charge is 2.26. The minimum Gasteiger partial charge on any atom is -0.491 e. The first-order valence-electron chi connectivity index (χ1n) is 11.3. The van der Waals surface area contributed by atoms with Crippen molar-refractivity contribution in [1.82, 2.24) is 4.90 Å². The van der Waals surface area contributed by atoms with Gasteiger partial charge in [-0.05, 0) is 47.9 Å². The van der Waals surface area contributed by atoms with Crippen LogP contribution in [-0.2, 0) is 11.4 Å². The van der Waals surface area contributed by atoms with E-state index in [9.17, 15) is 9.50 Å². The van der Waals surface area contributed by atoms with Crippen LogP contribution in [-0.4, -0.2) is 47.6 Å².